The number of thiophene rings is 2. The maximum absolute atomic E-state index is 12.6. The lowest BCUT2D eigenvalue weighted by atomic mass is 10.0. The van der Waals surface area contributed by atoms with Crippen LogP contribution in [-0.2, 0) is 16.6 Å². The van der Waals surface area contributed by atoms with Crippen LogP contribution in [0, 0.1) is 5.92 Å². The molecule has 116 valence electrons. The first-order chi connectivity index (χ1) is 9.85. The summed E-state index contributed by atoms with van der Waals surface area (Å²) in [6.07, 6.45) is 0. The van der Waals surface area contributed by atoms with E-state index >= 15 is 0 Å². The van der Waals surface area contributed by atoms with Crippen molar-refractivity contribution in [3.8, 4) is 0 Å². The van der Waals surface area contributed by atoms with Crippen LogP contribution in [0.5, 0.6) is 0 Å². The Morgan fingerprint density at radius 1 is 1.43 bits per heavy atom. The first-order valence-corrected chi connectivity index (χ1v) is 10.3. The van der Waals surface area contributed by atoms with Crippen LogP contribution in [0.25, 0.3) is 0 Å². The molecule has 0 amide bonds. The average molecular weight is 410 g/mol. The number of nitrogens with one attached hydrogen (secondary N) is 1. The molecule has 1 unspecified atom stereocenters. The summed E-state index contributed by atoms with van der Waals surface area (Å²) in [6, 6.07) is 5.08. The van der Waals surface area contributed by atoms with E-state index in [1.165, 1.54) is 28.7 Å². The zero-order valence-electron chi connectivity index (χ0n) is 11.5. The lowest BCUT2D eigenvalue weighted by molar-refractivity contribution is 0.285. The van der Waals surface area contributed by atoms with Crippen LogP contribution in [0.4, 0.5) is 0 Å². The second-order valence-corrected chi connectivity index (χ2v) is 9.98. The van der Waals surface area contributed by atoms with Gasteiger partial charge in [0.05, 0.1) is 16.4 Å². The second kappa shape index (κ2) is 6.89. The lowest BCUT2D eigenvalue weighted by Crippen LogP contribution is -2.31. The highest BCUT2D eigenvalue weighted by Crippen LogP contribution is 2.34. The molecule has 2 aromatic heterocycles. The molecule has 4 nitrogen and oxygen atoms in total. The Kier molecular flexibility index (Phi) is 5.61. The summed E-state index contributed by atoms with van der Waals surface area (Å²) < 4.78 is 28.4. The Morgan fingerprint density at radius 3 is 2.62 bits per heavy atom. The summed E-state index contributed by atoms with van der Waals surface area (Å²) in [6.45, 7) is 3.79. The fourth-order valence-corrected chi connectivity index (χ4v) is 6.81. The van der Waals surface area contributed by atoms with Gasteiger partial charge in [-0.25, -0.2) is 13.1 Å². The summed E-state index contributed by atoms with van der Waals surface area (Å²) >= 11 is 6.02. The van der Waals surface area contributed by atoms with E-state index in [4.69, 9.17) is 5.11 Å². The third-order valence-electron chi connectivity index (χ3n) is 2.95. The van der Waals surface area contributed by atoms with E-state index in [1.807, 2.05) is 31.4 Å². The Hall–Kier alpha value is -0.250. The van der Waals surface area contributed by atoms with Crippen LogP contribution in [-0.4, -0.2) is 13.5 Å². The lowest BCUT2D eigenvalue weighted by Gasteiger charge is -2.21. The van der Waals surface area contributed by atoms with Gasteiger partial charge in [0.1, 0.15) is 4.90 Å². The topological polar surface area (TPSA) is 66.4 Å². The molecule has 0 saturated heterocycles. The normalized spacial score (nSPS) is 13.8. The third-order valence-corrected chi connectivity index (χ3v) is 7.58. The van der Waals surface area contributed by atoms with E-state index in [-0.39, 0.29) is 23.5 Å². The number of hydrogen-bond donors (Lipinski definition) is 2. The van der Waals surface area contributed by atoms with Crippen LogP contribution in [0.3, 0.4) is 0 Å². The summed E-state index contributed by atoms with van der Waals surface area (Å²) in [5.41, 5.74) is 0. The molecule has 0 fully saturated rings. The number of rotatable bonds is 6. The van der Waals surface area contributed by atoms with Crippen LogP contribution in [0.2, 0.25) is 0 Å². The first kappa shape index (κ1) is 17.1. The van der Waals surface area contributed by atoms with Crippen molar-refractivity contribution in [1.82, 2.24) is 4.72 Å². The van der Waals surface area contributed by atoms with Gasteiger partial charge in [-0.05, 0) is 39.4 Å². The minimum Gasteiger partial charge on any atom is -0.391 e. The molecular weight excluding hydrogens is 394 g/mol. The molecule has 2 heterocycles. The van der Waals surface area contributed by atoms with Crippen molar-refractivity contribution in [2.45, 2.75) is 31.4 Å². The summed E-state index contributed by atoms with van der Waals surface area (Å²) in [4.78, 5) is 1.78. The maximum Gasteiger partial charge on any atom is 0.243 e. The monoisotopic (exact) mass is 409 g/mol. The predicted molar refractivity (Wildman–Crippen MR) is 90.2 cm³/mol. The zero-order chi connectivity index (χ0) is 15.6. The van der Waals surface area contributed by atoms with Crippen LogP contribution >= 0.6 is 38.6 Å². The molecule has 8 heteroatoms. The highest BCUT2D eigenvalue weighted by atomic mass is 79.9. The maximum atomic E-state index is 12.6. The predicted octanol–water partition coefficient (Wildman–Crippen LogP) is 3.74. The molecule has 0 aliphatic rings. The second-order valence-electron chi connectivity index (χ2n) is 4.87. The molecule has 1 atom stereocenters. The molecule has 0 spiro atoms. The van der Waals surface area contributed by atoms with Crippen LogP contribution in [0.1, 0.15) is 29.6 Å². The molecular formula is C13H16BrNO3S3. The summed E-state index contributed by atoms with van der Waals surface area (Å²) in [5, 5.41) is 11.1. The van der Waals surface area contributed by atoms with E-state index in [2.05, 4.69) is 20.7 Å². The molecule has 0 aliphatic carbocycles. The highest BCUT2D eigenvalue weighted by Gasteiger charge is 2.27. The number of aliphatic hydroxyl groups is 1. The Labute approximate surface area is 141 Å². The molecule has 2 rings (SSSR count). The fourth-order valence-electron chi connectivity index (χ4n) is 1.88. The number of hydrogen-bond acceptors (Lipinski definition) is 5. The molecule has 0 aromatic carbocycles. The van der Waals surface area contributed by atoms with Gasteiger partial charge in [0.25, 0.3) is 0 Å². The Bertz CT molecular complexity index is 692. The molecule has 0 radical (unpaired) electrons. The quantitative estimate of drug-likeness (QED) is 0.763. The largest absolute Gasteiger partial charge is 0.391 e. The van der Waals surface area contributed by atoms with E-state index in [9.17, 15) is 8.42 Å². The average Bonchev–Trinajstić information content (AvgIpc) is 3.04. The molecule has 2 N–H and O–H groups in total. The van der Waals surface area contributed by atoms with Gasteiger partial charge >= 0.3 is 0 Å². The van der Waals surface area contributed by atoms with Crippen molar-refractivity contribution in [1.29, 1.82) is 0 Å². The fraction of sp³-hybridized carbons (Fsp3) is 0.385. The van der Waals surface area contributed by atoms with Crippen molar-refractivity contribution in [2.75, 3.05) is 0 Å². The standard InChI is InChI=1S/C13H16BrNO3S3/c1-8(2)12(10-4-3-5-19-10)15-21(17,18)11-6-9(7-16)20-13(11)14/h3-6,8,12,15-16H,7H2,1-2H3. The van der Waals surface area contributed by atoms with Crippen LogP contribution in [0.15, 0.2) is 32.3 Å². The Balaban J connectivity index is 2.32. The molecule has 21 heavy (non-hydrogen) atoms. The van der Waals surface area contributed by atoms with E-state index < -0.39 is 10.0 Å². The third kappa shape index (κ3) is 3.94. The summed E-state index contributed by atoms with van der Waals surface area (Å²) in [5.74, 6) is 0.133. The van der Waals surface area contributed by atoms with Crippen molar-refractivity contribution < 1.29 is 13.5 Å². The Morgan fingerprint density at radius 2 is 2.14 bits per heavy atom. The molecule has 0 aliphatic heterocycles. The van der Waals surface area contributed by atoms with Gasteiger partial charge in [-0.15, -0.1) is 22.7 Å². The highest BCUT2D eigenvalue weighted by molar-refractivity contribution is 9.11. The van der Waals surface area contributed by atoms with E-state index in [0.717, 1.165) is 4.88 Å². The molecule has 0 saturated carbocycles. The van der Waals surface area contributed by atoms with Gasteiger partial charge in [0.2, 0.25) is 10.0 Å². The van der Waals surface area contributed by atoms with Crippen molar-refractivity contribution >= 4 is 48.6 Å². The van der Waals surface area contributed by atoms with Crippen LogP contribution < -0.4 is 4.72 Å². The van der Waals surface area contributed by atoms with Gasteiger partial charge in [-0.3, -0.25) is 0 Å². The van der Waals surface area contributed by atoms with Crippen molar-refractivity contribution in [2.24, 2.45) is 5.92 Å². The van der Waals surface area contributed by atoms with Crippen molar-refractivity contribution in [3.63, 3.8) is 0 Å². The number of halogens is 1. The van der Waals surface area contributed by atoms with Gasteiger partial charge in [-0.2, -0.15) is 0 Å². The minimum atomic E-state index is -3.64. The van der Waals surface area contributed by atoms with Gasteiger partial charge in [0, 0.05) is 9.75 Å². The van der Waals surface area contributed by atoms with E-state index in [0.29, 0.717) is 8.66 Å². The van der Waals surface area contributed by atoms with Gasteiger partial charge in [-0.1, -0.05) is 19.9 Å². The SMILES string of the molecule is CC(C)C(NS(=O)(=O)c1cc(CO)sc1Br)c1cccs1. The summed E-state index contributed by atoms with van der Waals surface area (Å²) in [7, 11) is -3.64. The number of sulfonamides is 1. The zero-order valence-corrected chi connectivity index (χ0v) is 15.6. The van der Waals surface area contributed by atoms with E-state index in [1.54, 1.807) is 0 Å². The van der Waals surface area contributed by atoms with Gasteiger partial charge in [0.15, 0.2) is 0 Å². The van der Waals surface area contributed by atoms with Gasteiger partial charge < -0.3 is 5.11 Å². The minimum absolute atomic E-state index is 0.133. The number of aliphatic hydroxyl groups excluding tert-OH is 1. The molecule has 2 aromatic rings. The first-order valence-electron chi connectivity index (χ1n) is 6.30. The smallest absolute Gasteiger partial charge is 0.243 e. The van der Waals surface area contributed by atoms with Crippen molar-refractivity contribution in [3.05, 3.63) is 37.1 Å². The molecule has 0 bridgehead atoms.